The van der Waals surface area contributed by atoms with E-state index >= 15 is 0 Å². The van der Waals surface area contributed by atoms with Crippen LogP contribution in [0, 0.1) is 12.7 Å². The average molecular weight is 533 g/mol. The molecule has 0 bridgehead atoms. The van der Waals surface area contributed by atoms with Crippen molar-refractivity contribution in [2.24, 2.45) is 0 Å². The van der Waals surface area contributed by atoms with Gasteiger partial charge < -0.3 is 14.7 Å². The summed E-state index contributed by atoms with van der Waals surface area (Å²) in [5.41, 5.74) is 2.01. The quantitative estimate of drug-likeness (QED) is 0.457. The van der Waals surface area contributed by atoms with Crippen molar-refractivity contribution in [1.82, 2.24) is 20.4 Å². The number of amides is 2. The Labute approximate surface area is 225 Å². The van der Waals surface area contributed by atoms with Gasteiger partial charge in [0.15, 0.2) is 0 Å². The number of likely N-dealkylation sites (tertiary alicyclic amines) is 1. The first-order chi connectivity index (χ1) is 18.7. The van der Waals surface area contributed by atoms with Crippen LogP contribution in [0.5, 0.6) is 0 Å². The van der Waals surface area contributed by atoms with E-state index in [0.29, 0.717) is 61.6 Å². The average Bonchev–Trinajstić information content (AvgIpc) is 3.39. The number of piperidine rings is 1. The summed E-state index contributed by atoms with van der Waals surface area (Å²) >= 11 is 0. The van der Waals surface area contributed by atoms with Crippen LogP contribution < -0.4 is 5.32 Å². The SMILES string of the molecule is Cc1nc(-c2ccc(C(=O)N3CCC(C(=O)N[C@@H](C)C4=CC=C(F)CC4)(c4ccc(F)cc4)CC3)cc2)no1. The molecule has 0 saturated carbocycles. The molecule has 9 heteroatoms. The van der Waals surface area contributed by atoms with Crippen LogP contribution in [0.4, 0.5) is 8.78 Å². The minimum atomic E-state index is -0.921. The summed E-state index contributed by atoms with van der Waals surface area (Å²) in [5.74, 6) is 0.0621. The molecule has 1 aliphatic heterocycles. The van der Waals surface area contributed by atoms with Gasteiger partial charge in [0.05, 0.1) is 5.41 Å². The molecule has 1 aliphatic carbocycles. The van der Waals surface area contributed by atoms with E-state index in [4.69, 9.17) is 4.52 Å². The number of benzene rings is 2. The lowest BCUT2D eigenvalue weighted by Gasteiger charge is -2.41. The van der Waals surface area contributed by atoms with Gasteiger partial charge in [0, 0.05) is 43.6 Å². The molecule has 3 aromatic rings. The number of carbonyl (C=O) groups excluding carboxylic acids is 2. The molecule has 7 nitrogen and oxygen atoms in total. The largest absolute Gasteiger partial charge is 0.349 e. The fourth-order valence-electron chi connectivity index (χ4n) is 5.28. The molecular weight excluding hydrogens is 502 g/mol. The normalized spacial score (nSPS) is 17.7. The highest BCUT2D eigenvalue weighted by Crippen LogP contribution is 2.37. The Morgan fingerprint density at radius 1 is 1.00 bits per heavy atom. The molecule has 0 radical (unpaired) electrons. The number of rotatable bonds is 6. The molecule has 1 N–H and O–H groups in total. The zero-order chi connectivity index (χ0) is 27.6. The van der Waals surface area contributed by atoms with E-state index < -0.39 is 5.41 Å². The fourth-order valence-corrected chi connectivity index (χ4v) is 5.28. The molecule has 0 unspecified atom stereocenters. The molecule has 5 rings (SSSR count). The van der Waals surface area contributed by atoms with Crippen LogP contribution in [0.25, 0.3) is 11.4 Å². The number of hydrogen-bond donors (Lipinski definition) is 1. The Balaban J connectivity index is 1.32. The van der Waals surface area contributed by atoms with E-state index in [9.17, 15) is 18.4 Å². The van der Waals surface area contributed by atoms with Gasteiger partial charge in [-0.3, -0.25) is 9.59 Å². The first-order valence-corrected chi connectivity index (χ1v) is 13.1. The third-order valence-electron chi connectivity index (χ3n) is 7.69. The van der Waals surface area contributed by atoms with Gasteiger partial charge in [-0.25, -0.2) is 8.78 Å². The summed E-state index contributed by atoms with van der Waals surface area (Å²) in [6.07, 6.45) is 4.80. The van der Waals surface area contributed by atoms with Crippen molar-refractivity contribution in [2.75, 3.05) is 13.1 Å². The number of halogens is 2. The predicted molar refractivity (Wildman–Crippen MR) is 142 cm³/mol. The molecule has 2 aromatic carbocycles. The van der Waals surface area contributed by atoms with Gasteiger partial charge in [-0.2, -0.15) is 4.98 Å². The van der Waals surface area contributed by atoms with Crippen LogP contribution in [0.1, 0.15) is 54.4 Å². The highest BCUT2D eigenvalue weighted by Gasteiger charge is 2.44. The summed E-state index contributed by atoms with van der Waals surface area (Å²) < 4.78 is 32.2. The minimum Gasteiger partial charge on any atom is -0.349 e. The topological polar surface area (TPSA) is 88.3 Å². The second-order valence-corrected chi connectivity index (χ2v) is 10.1. The van der Waals surface area contributed by atoms with Gasteiger partial charge in [-0.15, -0.1) is 0 Å². The van der Waals surface area contributed by atoms with Crippen LogP contribution in [-0.4, -0.2) is 46.0 Å². The first kappa shape index (κ1) is 26.5. The van der Waals surface area contributed by atoms with Crippen molar-refractivity contribution in [3.8, 4) is 11.4 Å². The predicted octanol–water partition coefficient (Wildman–Crippen LogP) is 5.44. The van der Waals surface area contributed by atoms with Gasteiger partial charge in [0.25, 0.3) is 5.91 Å². The van der Waals surface area contributed by atoms with Gasteiger partial charge in [0.1, 0.15) is 11.6 Å². The second kappa shape index (κ2) is 10.9. The maximum atomic E-state index is 13.8. The first-order valence-electron chi connectivity index (χ1n) is 13.1. The van der Waals surface area contributed by atoms with Crippen molar-refractivity contribution in [3.63, 3.8) is 0 Å². The van der Waals surface area contributed by atoms with Gasteiger partial charge in [0.2, 0.25) is 17.6 Å². The third kappa shape index (κ3) is 5.53. The van der Waals surface area contributed by atoms with Gasteiger partial charge in [-0.05, 0) is 67.7 Å². The van der Waals surface area contributed by atoms with Crippen LogP contribution >= 0.6 is 0 Å². The summed E-state index contributed by atoms with van der Waals surface area (Å²) in [7, 11) is 0. The molecule has 2 amide bonds. The molecule has 2 heterocycles. The number of allylic oxidation sites excluding steroid dienone is 3. The minimum absolute atomic E-state index is 0.131. The summed E-state index contributed by atoms with van der Waals surface area (Å²) in [6, 6.07) is 12.7. The lowest BCUT2D eigenvalue weighted by atomic mass is 9.71. The van der Waals surface area contributed by atoms with E-state index in [0.717, 1.165) is 11.1 Å². The van der Waals surface area contributed by atoms with E-state index in [1.807, 2.05) is 6.92 Å². The molecule has 1 fully saturated rings. The van der Waals surface area contributed by atoms with Crippen LogP contribution in [0.2, 0.25) is 0 Å². The summed E-state index contributed by atoms with van der Waals surface area (Å²) in [6.45, 7) is 4.32. The zero-order valence-corrected chi connectivity index (χ0v) is 21.9. The molecule has 1 aromatic heterocycles. The third-order valence-corrected chi connectivity index (χ3v) is 7.69. The Hall–Kier alpha value is -4.14. The maximum Gasteiger partial charge on any atom is 0.253 e. The van der Waals surface area contributed by atoms with Crippen LogP contribution in [-0.2, 0) is 10.2 Å². The van der Waals surface area contributed by atoms with Crippen molar-refractivity contribution in [3.05, 3.63) is 94.9 Å². The second-order valence-electron chi connectivity index (χ2n) is 10.1. The zero-order valence-electron chi connectivity index (χ0n) is 21.9. The van der Waals surface area contributed by atoms with E-state index in [1.165, 1.54) is 18.2 Å². The fraction of sp³-hybridized carbons (Fsp3) is 0.333. The molecule has 202 valence electrons. The van der Waals surface area contributed by atoms with Gasteiger partial charge >= 0.3 is 0 Å². The molecule has 2 aliphatic rings. The summed E-state index contributed by atoms with van der Waals surface area (Å²) in [4.78, 5) is 33.1. The monoisotopic (exact) mass is 532 g/mol. The summed E-state index contributed by atoms with van der Waals surface area (Å²) in [5, 5.41) is 7.02. The smallest absolute Gasteiger partial charge is 0.253 e. The standard InChI is InChI=1S/C30H30F2N4O3/c1-19(21-7-11-25(31)12-8-21)33-29(38)30(24-9-13-26(32)14-10-24)15-17-36(18-16-30)28(37)23-5-3-22(4-6-23)27-34-20(2)39-35-27/h3-7,9-11,13-14,19H,8,12,15-18H2,1-2H3,(H,33,38)/t19-/m0/s1. The molecule has 0 spiro atoms. The van der Waals surface area contributed by atoms with Crippen molar-refractivity contribution in [2.45, 2.75) is 51.0 Å². The maximum absolute atomic E-state index is 13.8. The van der Waals surface area contributed by atoms with E-state index in [-0.39, 0.29) is 29.5 Å². The number of aromatic nitrogens is 2. The van der Waals surface area contributed by atoms with Crippen molar-refractivity contribution >= 4 is 11.8 Å². The Bertz CT molecular complexity index is 1420. The molecule has 1 atom stereocenters. The Morgan fingerprint density at radius 2 is 1.69 bits per heavy atom. The Kier molecular flexibility index (Phi) is 7.41. The van der Waals surface area contributed by atoms with Crippen LogP contribution in [0.15, 0.2) is 76.6 Å². The molecule has 1 saturated heterocycles. The van der Waals surface area contributed by atoms with E-state index in [2.05, 4.69) is 15.5 Å². The molecule has 39 heavy (non-hydrogen) atoms. The van der Waals surface area contributed by atoms with Crippen LogP contribution in [0.3, 0.4) is 0 Å². The lowest BCUT2D eigenvalue weighted by molar-refractivity contribution is -0.129. The highest BCUT2D eigenvalue weighted by atomic mass is 19.1. The highest BCUT2D eigenvalue weighted by molar-refractivity contribution is 5.95. The number of nitrogens with zero attached hydrogens (tertiary/aromatic N) is 3. The molecular formula is C30H30F2N4O3. The number of nitrogens with one attached hydrogen (secondary N) is 1. The number of carbonyl (C=O) groups is 2. The Morgan fingerprint density at radius 3 is 2.28 bits per heavy atom. The number of aryl methyl sites for hydroxylation is 1. The van der Waals surface area contributed by atoms with Gasteiger partial charge in [-0.1, -0.05) is 35.5 Å². The van der Waals surface area contributed by atoms with E-state index in [1.54, 1.807) is 54.3 Å². The van der Waals surface area contributed by atoms with Crippen molar-refractivity contribution < 1.29 is 22.9 Å². The lowest BCUT2D eigenvalue weighted by Crippen LogP contribution is -2.54. The van der Waals surface area contributed by atoms with Crippen molar-refractivity contribution in [1.29, 1.82) is 0 Å². The number of hydrogen-bond acceptors (Lipinski definition) is 5.